The van der Waals surface area contributed by atoms with Crippen LogP contribution in [0.3, 0.4) is 0 Å². The minimum absolute atomic E-state index is 0.242. The number of aromatic nitrogens is 3. The standard InChI is InChI=1S/C22H17N5O2/c1-2-19(28)24-17-9-6-10-18(13-17)27-20(29)12-11-15-14-23-22(26-21(15)27)25-16-7-4-3-5-8-16/h2-14H,1H2,(H,24,28)(H,23,25,26). The van der Waals surface area contributed by atoms with Crippen LogP contribution in [0.2, 0.25) is 0 Å². The molecule has 4 rings (SSSR count). The fraction of sp³-hybridized carbons (Fsp3) is 0. The van der Waals surface area contributed by atoms with Crippen LogP contribution < -0.4 is 16.2 Å². The van der Waals surface area contributed by atoms with Crippen LogP contribution in [0.15, 0.2) is 90.4 Å². The molecule has 0 saturated heterocycles. The lowest BCUT2D eigenvalue weighted by atomic mass is 10.2. The Morgan fingerprint density at radius 3 is 2.59 bits per heavy atom. The van der Waals surface area contributed by atoms with Gasteiger partial charge in [-0.25, -0.2) is 4.98 Å². The third-order valence-electron chi connectivity index (χ3n) is 4.22. The van der Waals surface area contributed by atoms with Crippen molar-refractivity contribution in [2.45, 2.75) is 0 Å². The first-order valence-corrected chi connectivity index (χ1v) is 8.89. The number of nitrogens with zero attached hydrogens (tertiary/aromatic N) is 3. The molecular formula is C22H17N5O2. The number of nitrogens with one attached hydrogen (secondary N) is 2. The van der Waals surface area contributed by atoms with Crippen LogP contribution in [-0.4, -0.2) is 20.4 Å². The number of hydrogen-bond acceptors (Lipinski definition) is 5. The molecule has 0 radical (unpaired) electrons. The van der Waals surface area contributed by atoms with Gasteiger partial charge in [-0.2, -0.15) is 4.98 Å². The maximum Gasteiger partial charge on any atom is 0.256 e. The molecule has 29 heavy (non-hydrogen) atoms. The molecule has 0 bridgehead atoms. The number of benzene rings is 2. The van der Waals surface area contributed by atoms with Crippen molar-refractivity contribution in [3.8, 4) is 5.69 Å². The summed E-state index contributed by atoms with van der Waals surface area (Å²) in [6, 6.07) is 19.6. The van der Waals surface area contributed by atoms with Gasteiger partial charge in [0.25, 0.3) is 5.56 Å². The van der Waals surface area contributed by atoms with Crippen LogP contribution in [0.1, 0.15) is 0 Å². The Balaban J connectivity index is 1.81. The average molecular weight is 383 g/mol. The molecular weight excluding hydrogens is 366 g/mol. The van der Waals surface area contributed by atoms with Gasteiger partial charge in [-0.3, -0.25) is 14.2 Å². The maximum absolute atomic E-state index is 12.7. The van der Waals surface area contributed by atoms with Crippen molar-refractivity contribution in [3.05, 3.63) is 95.9 Å². The molecule has 0 aliphatic carbocycles. The Hall–Kier alpha value is -4.26. The van der Waals surface area contributed by atoms with E-state index in [1.165, 1.54) is 16.7 Å². The normalized spacial score (nSPS) is 10.5. The van der Waals surface area contributed by atoms with Crippen LogP contribution in [0.5, 0.6) is 0 Å². The zero-order chi connectivity index (χ0) is 20.2. The van der Waals surface area contributed by atoms with Gasteiger partial charge in [0, 0.05) is 29.0 Å². The fourth-order valence-electron chi connectivity index (χ4n) is 2.90. The lowest BCUT2D eigenvalue weighted by Crippen LogP contribution is -2.19. The Kier molecular flexibility index (Phi) is 4.86. The van der Waals surface area contributed by atoms with Gasteiger partial charge in [-0.05, 0) is 42.5 Å². The largest absolute Gasteiger partial charge is 0.324 e. The van der Waals surface area contributed by atoms with Crippen molar-refractivity contribution in [3.63, 3.8) is 0 Å². The first-order valence-electron chi connectivity index (χ1n) is 8.89. The number of para-hydroxylation sites is 1. The van der Waals surface area contributed by atoms with Gasteiger partial charge in [0.05, 0.1) is 5.69 Å². The van der Waals surface area contributed by atoms with Crippen molar-refractivity contribution in [1.29, 1.82) is 0 Å². The van der Waals surface area contributed by atoms with Crippen molar-refractivity contribution in [2.24, 2.45) is 0 Å². The highest BCUT2D eigenvalue weighted by atomic mass is 16.1. The lowest BCUT2D eigenvalue weighted by Gasteiger charge is -2.12. The summed E-state index contributed by atoms with van der Waals surface area (Å²) in [7, 11) is 0. The number of rotatable bonds is 5. The summed E-state index contributed by atoms with van der Waals surface area (Å²) in [6.07, 6.45) is 2.85. The third-order valence-corrected chi connectivity index (χ3v) is 4.22. The first kappa shape index (κ1) is 18.1. The van der Waals surface area contributed by atoms with Gasteiger partial charge >= 0.3 is 0 Å². The maximum atomic E-state index is 12.7. The Morgan fingerprint density at radius 2 is 1.79 bits per heavy atom. The number of hydrogen-bond donors (Lipinski definition) is 2. The summed E-state index contributed by atoms with van der Waals surface area (Å²) in [4.78, 5) is 33.2. The molecule has 0 aliphatic heterocycles. The number of pyridine rings is 1. The number of carbonyl (C=O) groups is 1. The van der Waals surface area contributed by atoms with Gasteiger partial charge in [-0.15, -0.1) is 0 Å². The van der Waals surface area contributed by atoms with E-state index in [1.54, 1.807) is 36.5 Å². The molecule has 142 valence electrons. The monoisotopic (exact) mass is 383 g/mol. The van der Waals surface area contributed by atoms with E-state index < -0.39 is 0 Å². The molecule has 0 fully saturated rings. The van der Waals surface area contributed by atoms with Gasteiger partial charge in [0.2, 0.25) is 11.9 Å². The van der Waals surface area contributed by atoms with E-state index in [4.69, 9.17) is 0 Å². The zero-order valence-corrected chi connectivity index (χ0v) is 15.4. The second-order valence-corrected chi connectivity index (χ2v) is 6.21. The van der Waals surface area contributed by atoms with Crippen LogP contribution in [-0.2, 0) is 4.79 Å². The van der Waals surface area contributed by atoms with E-state index >= 15 is 0 Å². The van der Waals surface area contributed by atoms with Crippen molar-refractivity contribution in [2.75, 3.05) is 10.6 Å². The van der Waals surface area contributed by atoms with Crippen molar-refractivity contribution >= 4 is 34.3 Å². The minimum atomic E-state index is -0.330. The number of fused-ring (bicyclic) bond motifs is 1. The molecule has 2 aromatic heterocycles. The SMILES string of the molecule is C=CC(=O)Nc1cccc(-n2c(=O)ccc3cnc(Nc4ccccc4)nc32)c1. The summed E-state index contributed by atoms with van der Waals surface area (Å²) in [5, 5.41) is 6.54. The van der Waals surface area contributed by atoms with E-state index in [0.29, 0.717) is 28.4 Å². The molecule has 0 saturated carbocycles. The van der Waals surface area contributed by atoms with E-state index in [2.05, 4.69) is 27.2 Å². The Morgan fingerprint density at radius 1 is 1.00 bits per heavy atom. The molecule has 0 aliphatic rings. The molecule has 2 aromatic carbocycles. The van der Waals surface area contributed by atoms with Crippen LogP contribution >= 0.6 is 0 Å². The minimum Gasteiger partial charge on any atom is -0.324 e. The van der Waals surface area contributed by atoms with Crippen LogP contribution in [0, 0.1) is 0 Å². The van der Waals surface area contributed by atoms with E-state index in [0.717, 1.165) is 5.69 Å². The zero-order valence-electron chi connectivity index (χ0n) is 15.4. The van der Waals surface area contributed by atoms with Crippen molar-refractivity contribution in [1.82, 2.24) is 14.5 Å². The first-order chi connectivity index (χ1) is 14.1. The van der Waals surface area contributed by atoms with Gasteiger partial charge in [-0.1, -0.05) is 30.8 Å². The topological polar surface area (TPSA) is 88.9 Å². The molecule has 7 nitrogen and oxygen atoms in total. The second kappa shape index (κ2) is 7.77. The smallest absolute Gasteiger partial charge is 0.256 e. The van der Waals surface area contributed by atoms with E-state index in [-0.39, 0.29) is 11.5 Å². The molecule has 1 amide bonds. The Labute approximate surface area is 166 Å². The lowest BCUT2D eigenvalue weighted by molar-refractivity contribution is -0.111. The summed E-state index contributed by atoms with van der Waals surface area (Å²) in [6.45, 7) is 3.45. The Bertz CT molecular complexity index is 1270. The fourth-order valence-corrected chi connectivity index (χ4v) is 2.90. The summed E-state index contributed by atoms with van der Waals surface area (Å²) >= 11 is 0. The summed E-state index contributed by atoms with van der Waals surface area (Å²) in [5.41, 5.74) is 2.18. The number of carbonyl (C=O) groups excluding carboxylic acids is 1. The van der Waals surface area contributed by atoms with Crippen LogP contribution in [0.25, 0.3) is 16.7 Å². The molecule has 4 aromatic rings. The van der Waals surface area contributed by atoms with Crippen molar-refractivity contribution < 1.29 is 4.79 Å². The third kappa shape index (κ3) is 3.89. The predicted octanol–water partition coefficient (Wildman–Crippen LogP) is 3.65. The quantitative estimate of drug-likeness (QED) is 0.514. The second-order valence-electron chi connectivity index (χ2n) is 6.21. The summed E-state index contributed by atoms with van der Waals surface area (Å²) < 4.78 is 1.48. The summed E-state index contributed by atoms with van der Waals surface area (Å²) in [5.74, 6) is 0.0447. The molecule has 2 N–H and O–H groups in total. The molecule has 0 unspecified atom stereocenters. The number of anilines is 3. The van der Waals surface area contributed by atoms with Gasteiger partial charge in [0.15, 0.2) is 5.65 Å². The average Bonchev–Trinajstić information content (AvgIpc) is 2.74. The number of amides is 1. The van der Waals surface area contributed by atoms with E-state index in [1.807, 2.05) is 30.3 Å². The molecule has 7 heteroatoms. The molecule has 2 heterocycles. The van der Waals surface area contributed by atoms with E-state index in [9.17, 15) is 9.59 Å². The highest BCUT2D eigenvalue weighted by Crippen LogP contribution is 2.20. The molecule has 0 spiro atoms. The molecule has 0 atom stereocenters. The highest BCUT2D eigenvalue weighted by Gasteiger charge is 2.10. The predicted molar refractivity (Wildman–Crippen MR) is 114 cm³/mol. The van der Waals surface area contributed by atoms with Gasteiger partial charge < -0.3 is 10.6 Å². The van der Waals surface area contributed by atoms with Gasteiger partial charge in [0.1, 0.15) is 0 Å². The highest BCUT2D eigenvalue weighted by molar-refractivity contribution is 5.99. The van der Waals surface area contributed by atoms with Crippen LogP contribution in [0.4, 0.5) is 17.3 Å².